The molecule has 7 heteroatoms. The summed E-state index contributed by atoms with van der Waals surface area (Å²) in [5.41, 5.74) is 12.5. The first-order chi connectivity index (χ1) is 32.8. The highest BCUT2D eigenvalue weighted by Gasteiger charge is 2.34. The summed E-state index contributed by atoms with van der Waals surface area (Å²) in [5, 5.41) is 4.07. The van der Waals surface area contributed by atoms with Crippen molar-refractivity contribution in [1.29, 1.82) is 0 Å². The Morgan fingerprint density at radius 1 is 0.373 bits per heavy atom. The Balaban J connectivity index is 1.19. The standard InChI is InChI=1S/C60H39F3N4/c1-38-31-33-42(49(35-38)60(61,62)63)41-32-34-56-48(36-41)45-23-10-14-28-54(45)67(56)57-30-16-25-46(51-37-50(39-17-4-2-5-18-39)64-59(65-51)40-19-6-3-7-20-40)58(57)47-24-11-15-29-55(47)66-52-26-12-8-21-43(52)44-22-9-13-27-53(44)66/h2-37H,1H3. The van der Waals surface area contributed by atoms with Gasteiger partial charge in [-0.05, 0) is 72.6 Å². The van der Waals surface area contributed by atoms with Crippen molar-refractivity contribution in [2.75, 3.05) is 0 Å². The van der Waals surface area contributed by atoms with Crippen molar-refractivity contribution in [2.45, 2.75) is 13.1 Å². The van der Waals surface area contributed by atoms with Crippen molar-refractivity contribution >= 4 is 43.6 Å². The Morgan fingerprint density at radius 3 is 1.57 bits per heavy atom. The average molecular weight is 873 g/mol. The lowest BCUT2D eigenvalue weighted by Crippen LogP contribution is -2.07. The van der Waals surface area contributed by atoms with Crippen LogP contribution in [0.4, 0.5) is 13.2 Å². The highest BCUT2D eigenvalue weighted by molar-refractivity contribution is 6.13. The van der Waals surface area contributed by atoms with E-state index in [9.17, 15) is 13.2 Å². The predicted molar refractivity (Wildman–Crippen MR) is 268 cm³/mol. The molecule has 0 atom stereocenters. The summed E-state index contributed by atoms with van der Waals surface area (Å²) >= 11 is 0. The first-order valence-corrected chi connectivity index (χ1v) is 22.2. The predicted octanol–water partition coefficient (Wildman–Crippen LogP) is 16.3. The molecule has 0 aliphatic heterocycles. The maximum absolute atomic E-state index is 14.6. The summed E-state index contributed by atoms with van der Waals surface area (Å²) in [7, 11) is 0. The monoisotopic (exact) mass is 872 g/mol. The highest BCUT2D eigenvalue weighted by atomic mass is 19.4. The number of hydrogen-bond acceptors (Lipinski definition) is 2. The van der Waals surface area contributed by atoms with Gasteiger partial charge in [0.15, 0.2) is 5.82 Å². The van der Waals surface area contributed by atoms with Gasteiger partial charge in [0.2, 0.25) is 0 Å². The van der Waals surface area contributed by atoms with Gasteiger partial charge in [-0.2, -0.15) is 13.2 Å². The van der Waals surface area contributed by atoms with Gasteiger partial charge in [0.1, 0.15) is 0 Å². The first-order valence-electron chi connectivity index (χ1n) is 22.2. The minimum absolute atomic E-state index is 0.145. The molecule has 0 aliphatic rings. The first kappa shape index (κ1) is 40.0. The van der Waals surface area contributed by atoms with E-state index < -0.39 is 11.7 Å². The van der Waals surface area contributed by atoms with Crippen molar-refractivity contribution in [3.63, 3.8) is 0 Å². The molecule has 0 amide bonds. The normalized spacial score (nSPS) is 11.9. The molecular formula is C60H39F3N4. The van der Waals surface area contributed by atoms with E-state index in [1.165, 1.54) is 6.07 Å². The van der Waals surface area contributed by atoms with Gasteiger partial charge >= 0.3 is 6.18 Å². The molecule has 0 saturated carbocycles. The number of aromatic nitrogens is 4. The molecule has 67 heavy (non-hydrogen) atoms. The number of para-hydroxylation sites is 4. The number of hydrogen-bond donors (Lipinski definition) is 0. The smallest absolute Gasteiger partial charge is 0.309 e. The molecule has 4 nitrogen and oxygen atoms in total. The molecule has 0 saturated heterocycles. The molecule has 3 heterocycles. The number of benzene rings is 9. The topological polar surface area (TPSA) is 35.6 Å². The molecule has 0 N–H and O–H groups in total. The van der Waals surface area contributed by atoms with E-state index in [4.69, 9.17) is 9.97 Å². The van der Waals surface area contributed by atoms with Crippen molar-refractivity contribution in [3.05, 3.63) is 230 Å². The molecule has 0 spiro atoms. The van der Waals surface area contributed by atoms with E-state index in [0.29, 0.717) is 17.0 Å². The van der Waals surface area contributed by atoms with Crippen LogP contribution in [0.1, 0.15) is 11.1 Å². The largest absolute Gasteiger partial charge is 0.417 e. The van der Waals surface area contributed by atoms with E-state index >= 15 is 0 Å². The second-order valence-electron chi connectivity index (χ2n) is 16.9. The fraction of sp³-hybridized carbons (Fsp3) is 0.0333. The van der Waals surface area contributed by atoms with Gasteiger partial charge in [-0.25, -0.2) is 9.97 Å². The van der Waals surface area contributed by atoms with Crippen LogP contribution >= 0.6 is 0 Å². The number of nitrogens with zero attached hydrogens (tertiary/aromatic N) is 4. The maximum Gasteiger partial charge on any atom is 0.417 e. The van der Waals surface area contributed by atoms with Crippen molar-refractivity contribution < 1.29 is 13.2 Å². The SMILES string of the molecule is Cc1ccc(-c2ccc3c(c2)c2ccccc2n3-c2cccc(-c3cc(-c4ccccc4)nc(-c4ccccc4)n3)c2-c2ccccc2-n2c3ccccc3c3ccccc32)c(C(F)(F)F)c1. The average Bonchev–Trinajstić information content (AvgIpc) is 3.89. The van der Waals surface area contributed by atoms with E-state index in [0.717, 1.165) is 94.2 Å². The number of alkyl halides is 3. The van der Waals surface area contributed by atoms with Gasteiger partial charge in [0.25, 0.3) is 0 Å². The van der Waals surface area contributed by atoms with Crippen LogP contribution in [-0.2, 0) is 6.18 Å². The van der Waals surface area contributed by atoms with Crippen LogP contribution in [-0.4, -0.2) is 19.1 Å². The molecule has 0 aliphatic carbocycles. The molecule has 0 bridgehead atoms. The molecule has 12 aromatic rings. The molecular weight excluding hydrogens is 834 g/mol. The maximum atomic E-state index is 14.6. The van der Waals surface area contributed by atoms with Crippen LogP contribution in [0.3, 0.4) is 0 Å². The lowest BCUT2D eigenvalue weighted by molar-refractivity contribution is -0.137. The summed E-state index contributed by atoms with van der Waals surface area (Å²) in [4.78, 5) is 10.5. The van der Waals surface area contributed by atoms with Gasteiger partial charge < -0.3 is 9.13 Å². The lowest BCUT2D eigenvalue weighted by Gasteiger charge is -2.22. The Bertz CT molecular complexity index is 3750. The summed E-state index contributed by atoms with van der Waals surface area (Å²) in [6.07, 6.45) is -4.52. The van der Waals surface area contributed by atoms with Gasteiger partial charge in [0.05, 0.1) is 50.4 Å². The van der Waals surface area contributed by atoms with E-state index in [-0.39, 0.29) is 5.56 Å². The number of aryl methyl sites for hydroxylation is 1. The summed E-state index contributed by atoms with van der Waals surface area (Å²) in [5.74, 6) is 0.600. The van der Waals surface area contributed by atoms with Gasteiger partial charge in [-0.1, -0.05) is 169 Å². The third-order valence-electron chi connectivity index (χ3n) is 12.8. The highest BCUT2D eigenvalue weighted by Crippen LogP contribution is 2.46. The van der Waals surface area contributed by atoms with E-state index in [2.05, 4.69) is 130 Å². The van der Waals surface area contributed by atoms with Crippen LogP contribution < -0.4 is 0 Å². The lowest BCUT2D eigenvalue weighted by atomic mass is 9.93. The third kappa shape index (κ3) is 6.78. The Hall–Kier alpha value is -8.55. The molecule has 320 valence electrons. The molecule has 0 radical (unpaired) electrons. The number of fused-ring (bicyclic) bond motifs is 6. The second kappa shape index (κ2) is 15.9. The summed E-state index contributed by atoms with van der Waals surface area (Å²) in [6, 6.07) is 72.6. The van der Waals surface area contributed by atoms with Gasteiger partial charge in [0, 0.05) is 49.4 Å². The quantitative estimate of drug-likeness (QED) is 0.160. The number of rotatable bonds is 7. The van der Waals surface area contributed by atoms with Gasteiger partial charge in [-0.3, -0.25) is 0 Å². The fourth-order valence-corrected chi connectivity index (χ4v) is 9.89. The number of halogens is 3. The third-order valence-corrected chi connectivity index (χ3v) is 12.8. The molecule has 12 rings (SSSR count). The van der Waals surface area contributed by atoms with E-state index in [1.54, 1.807) is 19.1 Å². The Morgan fingerprint density at radius 2 is 0.896 bits per heavy atom. The van der Waals surface area contributed by atoms with Crippen LogP contribution in [0.25, 0.3) is 111 Å². The summed E-state index contributed by atoms with van der Waals surface area (Å²) in [6.45, 7) is 1.69. The van der Waals surface area contributed by atoms with Crippen LogP contribution in [0, 0.1) is 6.92 Å². The van der Waals surface area contributed by atoms with E-state index in [1.807, 2.05) is 78.9 Å². The zero-order valence-electron chi connectivity index (χ0n) is 36.2. The Kier molecular flexibility index (Phi) is 9.47. The van der Waals surface area contributed by atoms with Crippen LogP contribution in [0.5, 0.6) is 0 Å². The molecule has 3 aromatic heterocycles. The van der Waals surface area contributed by atoms with Crippen LogP contribution in [0.15, 0.2) is 218 Å². The fourth-order valence-electron chi connectivity index (χ4n) is 9.89. The zero-order valence-corrected chi connectivity index (χ0v) is 36.2. The second-order valence-corrected chi connectivity index (χ2v) is 16.9. The Labute approximate surface area is 384 Å². The van der Waals surface area contributed by atoms with Crippen molar-refractivity contribution in [2.24, 2.45) is 0 Å². The molecule has 0 unspecified atom stereocenters. The zero-order chi connectivity index (χ0) is 45.2. The molecule has 0 fully saturated rings. The van der Waals surface area contributed by atoms with Crippen molar-refractivity contribution in [3.8, 4) is 67.5 Å². The van der Waals surface area contributed by atoms with Crippen LogP contribution in [0.2, 0.25) is 0 Å². The van der Waals surface area contributed by atoms with Gasteiger partial charge in [-0.15, -0.1) is 0 Å². The minimum atomic E-state index is -4.52. The van der Waals surface area contributed by atoms with Crippen molar-refractivity contribution in [1.82, 2.24) is 19.1 Å². The summed E-state index contributed by atoms with van der Waals surface area (Å²) < 4.78 is 48.5. The minimum Gasteiger partial charge on any atom is -0.309 e. The molecule has 9 aromatic carbocycles.